The van der Waals surface area contributed by atoms with Crippen LogP contribution in [0.25, 0.3) is 60.5 Å². The Morgan fingerprint density at radius 2 is 1.27 bits per heavy atom. The van der Waals surface area contributed by atoms with Gasteiger partial charge in [0.2, 0.25) is 0 Å². The third-order valence-electron chi connectivity index (χ3n) is 9.67. The van der Waals surface area contributed by atoms with Gasteiger partial charge in [0.15, 0.2) is 0 Å². The van der Waals surface area contributed by atoms with Crippen LogP contribution in [0.3, 0.4) is 0 Å². The van der Waals surface area contributed by atoms with Gasteiger partial charge >= 0.3 is 0 Å². The highest BCUT2D eigenvalue weighted by atomic mass is 16.5. The summed E-state index contributed by atoms with van der Waals surface area (Å²) in [5.41, 5.74) is 11.4. The van der Waals surface area contributed by atoms with E-state index >= 15 is 0 Å². The predicted octanol–water partition coefficient (Wildman–Crippen LogP) is 11.7. The van der Waals surface area contributed by atoms with E-state index in [1.807, 2.05) is 0 Å². The van der Waals surface area contributed by atoms with Crippen LogP contribution in [-0.4, -0.2) is 6.10 Å². The Balaban J connectivity index is 1.25. The highest BCUT2D eigenvalue weighted by Crippen LogP contribution is 2.48. The molecule has 9 rings (SSSR count). The topological polar surface area (TPSA) is 9.23 Å². The van der Waals surface area contributed by atoms with Gasteiger partial charge in [0, 0.05) is 17.0 Å². The molecule has 0 bridgehead atoms. The first-order chi connectivity index (χ1) is 22.3. The largest absolute Gasteiger partial charge is 0.484 e. The zero-order chi connectivity index (χ0) is 29.7. The maximum atomic E-state index is 6.53. The molecule has 1 nitrogen and oxygen atoms in total. The van der Waals surface area contributed by atoms with Gasteiger partial charge in [0.1, 0.15) is 11.9 Å². The number of para-hydroxylation sites is 1. The molecule has 0 radical (unpaired) electrons. The summed E-state index contributed by atoms with van der Waals surface area (Å²) in [6.07, 6.45) is 17.7. The van der Waals surface area contributed by atoms with Crippen LogP contribution in [0.2, 0.25) is 0 Å². The van der Waals surface area contributed by atoms with Gasteiger partial charge in [-0.15, -0.1) is 0 Å². The summed E-state index contributed by atoms with van der Waals surface area (Å²) < 4.78 is 6.53. The minimum atomic E-state index is 0.0748. The molecule has 1 heteroatoms. The van der Waals surface area contributed by atoms with Crippen LogP contribution in [0.4, 0.5) is 0 Å². The second-order valence-electron chi connectivity index (χ2n) is 12.3. The molecule has 0 N–H and O–H groups in total. The molecule has 0 amide bonds. The van der Waals surface area contributed by atoms with Gasteiger partial charge in [0.25, 0.3) is 0 Å². The van der Waals surface area contributed by atoms with Gasteiger partial charge in [-0.3, -0.25) is 0 Å². The van der Waals surface area contributed by atoms with Crippen molar-refractivity contribution in [3.63, 3.8) is 0 Å². The van der Waals surface area contributed by atoms with E-state index in [-0.39, 0.29) is 12.0 Å². The first-order valence-electron chi connectivity index (χ1n) is 16.0. The summed E-state index contributed by atoms with van der Waals surface area (Å²) in [5.74, 6) is 1.29. The zero-order valence-corrected chi connectivity index (χ0v) is 25.0. The highest BCUT2D eigenvalue weighted by Gasteiger charge is 2.33. The summed E-state index contributed by atoms with van der Waals surface area (Å²) in [6, 6.07) is 42.4. The normalized spacial score (nSPS) is 18.1. The zero-order valence-electron chi connectivity index (χ0n) is 25.0. The Morgan fingerprint density at radius 3 is 2.13 bits per heavy atom. The SMILES string of the molecule is C1=CCCC(c2c3ccccc3c(-c3ccccc3)c3ccc(-c4cccc(-c5cccc6c5OC5C=CC=CC65)c4)cc23)=C1. The second-order valence-corrected chi connectivity index (χ2v) is 12.3. The fourth-order valence-corrected chi connectivity index (χ4v) is 7.59. The van der Waals surface area contributed by atoms with Gasteiger partial charge < -0.3 is 4.74 Å². The summed E-state index contributed by atoms with van der Waals surface area (Å²) >= 11 is 0. The fraction of sp³-hybridized carbons (Fsp3) is 0.0909. The molecule has 3 aliphatic rings. The number of hydrogen-bond donors (Lipinski definition) is 0. The standard InChI is InChI=1S/C44H32O/c1-3-13-29(14-4-1)42-36-20-7-8-21-37(36)43(30-15-5-2-6-16-30)40-28-32(25-26-38(40)42)31-17-11-18-33(27-31)34-22-12-23-39-35-19-9-10-24-41(35)45-44(34)39/h1-5,7-15,17-28,35,41H,6,16H2. The second kappa shape index (κ2) is 10.6. The van der Waals surface area contributed by atoms with Crippen molar-refractivity contribution in [3.8, 4) is 39.1 Å². The predicted molar refractivity (Wildman–Crippen MR) is 190 cm³/mol. The van der Waals surface area contributed by atoms with E-state index in [2.05, 4.69) is 158 Å². The van der Waals surface area contributed by atoms with Crippen molar-refractivity contribution in [1.29, 1.82) is 0 Å². The highest BCUT2D eigenvalue weighted by molar-refractivity contribution is 6.19. The van der Waals surface area contributed by atoms with Crippen LogP contribution in [0.5, 0.6) is 5.75 Å². The van der Waals surface area contributed by atoms with Crippen LogP contribution in [0, 0.1) is 0 Å². The number of rotatable bonds is 4. The summed E-state index contributed by atoms with van der Waals surface area (Å²) in [6.45, 7) is 0. The van der Waals surface area contributed by atoms with Crippen LogP contribution in [0.1, 0.15) is 29.9 Å². The smallest absolute Gasteiger partial charge is 0.132 e. The third-order valence-corrected chi connectivity index (χ3v) is 9.67. The van der Waals surface area contributed by atoms with Gasteiger partial charge in [-0.2, -0.15) is 0 Å². The molecule has 6 aromatic carbocycles. The van der Waals surface area contributed by atoms with Gasteiger partial charge in [0.05, 0.1) is 0 Å². The first kappa shape index (κ1) is 26.0. The quantitative estimate of drug-likeness (QED) is 0.190. The summed E-state index contributed by atoms with van der Waals surface area (Å²) in [7, 11) is 0. The maximum Gasteiger partial charge on any atom is 0.132 e. The summed E-state index contributed by atoms with van der Waals surface area (Å²) in [5, 5.41) is 5.23. The van der Waals surface area contributed by atoms with E-state index in [1.165, 1.54) is 66.1 Å². The Bertz CT molecular complexity index is 2250. The lowest BCUT2D eigenvalue weighted by Gasteiger charge is -2.21. The molecule has 1 heterocycles. The van der Waals surface area contributed by atoms with Gasteiger partial charge in [-0.25, -0.2) is 0 Å². The summed E-state index contributed by atoms with van der Waals surface area (Å²) in [4.78, 5) is 0. The molecular weight excluding hydrogens is 544 g/mol. The third kappa shape index (κ3) is 4.30. The average molecular weight is 577 g/mol. The molecule has 0 saturated carbocycles. The van der Waals surface area contributed by atoms with Crippen molar-refractivity contribution in [2.24, 2.45) is 0 Å². The number of fused-ring (bicyclic) bond motifs is 5. The number of ether oxygens (including phenoxy) is 1. The fourth-order valence-electron chi connectivity index (χ4n) is 7.59. The molecule has 2 atom stereocenters. The maximum absolute atomic E-state index is 6.53. The Hall–Kier alpha value is -5.40. The van der Waals surface area contributed by atoms with Crippen molar-refractivity contribution in [3.05, 3.63) is 169 Å². The molecule has 0 aromatic heterocycles. The Labute approximate surface area is 264 Å². The van der Waals surface area contributed by atoms with Crippen molar-refractivity contribution in [1.82, 2.24) is 0 Å². The average Bonchev–Trinajstić information content (AvgIpc) is 3.50. The lowest BCUT2D eigenvalue weighted by Crippen LogP contribution is -2.15. The first-order valence-corrected chi connectivity index (χ1v) is 16.0. The molecule has 0 fully saturated rings. The van der Waals surface area contributed by atoms with Crippen molar-refractivity contribution in [2.75, 3.05) is 0 Å². The molecule has 214 valence electrons. The molecule has 2 unspecified atom stereocenters. The van der Waals surface area contributed by atoms with Crippen LogP contribution in [0.15, 0.2) is 158 Å². The minimum Gasteiger partial charge on any atom is -0.484 e. The molecule has 2 aliphatic carbocycles. The number of hydrogen-bond acceptors (Lipinski definition) is 1. The minimum absolute atomic E-state index is 0.0748. The lowest BCUT2D eigenvalue weighted by atomic mass is 9.83. The van der Waals surface area contributed by atoms with E-state index in [1.54, 1.807) is 0 Å². The molecular formula is C44H32O. The van der Waals surface area contributed by atoms with E-state index in [0.717, 1.165) is 24.2 Å². The Kier molecular flexibility index (Phi) is 6.16. The number of allylic oxidation sites excluding steroid dienone is 6. The molecule has 45 heavy (non-hydrogen) atoms. The van der Waals surface area contributed by atoms with Crippen LogP contribution >= 0.6 is 0 Å². The lowest BCUT2D eigenvalue weighted by molar-refractivity contribution is 0.270. The monoisotopic (exact) mass is 576 g/mol. The molecule has 6 aromatic rings. The van der Waals surface area contributed by atoms with Crippen molar-refractivity contribution >= 4 is 27.1 Å². The molecule has 0 saturated heterocycles. The Morgan fingerprint density at radius 1 is 0.533 bits per heavy atom. The molecule has 0 spiro atoms. The van der Waals surface area contributed by atoms with Crippen LogP contribution in [-0.2, 0) is 0 Å². The van der Waals surface area contributed by atoms with E-state index in [9.17, 15) is 0 Å². The van der Waals surface area contributed by atoms with E-state index < -0.39 is 0 Å². The van der Waals surface area contributed by atoms with Crippen molar-refractivity contribution in [2.45, 2.75) is 24.9 Å². The van der Waals surface area contributed by atoms with Gasteiger partial charge in [-0.1, -0.05) is 140 Å². The number of benzene rings is 6. The van der Waals surface area contributed by atoms with Crippen LogP contribution < -0.4 is 4.74 Å². The molecule has 1 aliphatic heterocycles. The van der Waals surface area contributed by atoms with E-state index in [0.29, 0.717) is 0 Å². The van der Waals surface area contributed by atoms with Crippen molar-refractivity contribution < 1.29 is 4.74 Å². The van der Waals surface area contributed by atoms with E-state index in [4.69, 9.17) is 4.74 Å². The van der Waals surface area contributed by atoms with Gasteiger partial charge in [-0.05, 0) is 91.5 Å².